The SMILES string of the molecule is CNC1(C(=O)O)CCC(Oc2cc(F)ccc2[N+](=O)[O-])C1. The first-order chi connectivity index (χ1) is 9.88. The van der Waals surface area contributed by atoms with E-state index in [0.717, 1.165) is 18.2 Å². The minimum absolute atomic E-state index is 0.159. The molecule has 0 bridgehead atoms. The second-order valence-corrected chi connectivity index (χ2v) is 4.99. The molecule has 0 aromatic heterocycles. The van der Waals surface area contributed by atoms with E-state index in [1.165, 1.54) is 0 Å². The second kappa shape index (κ2) is 5.65. The Morgan fingerprint density at radius 2 is 2.33 bits per heavy atom. The molecule has 8 heteroatoms. The summed E-state index contributed by atoms with van der Waals surface area (Å²) in [6, 6.07) is 2.95. The molecule has 1 saturated carbocycles. The molecule has 2 N–H and O–H groups in total. The molecular formula is C13H15FN2O5. The van der Waals surface area contributed by atoms with Crippen LogP contribution in [0, 0.1) is 15.9 Å². The van der Waals surface area contributed by atoms with E-state index in [1.807, 2.05) is 0 Å². The highest BCUT2D eigenvalue weighted by Gasteiger charge is 2.45. The number of aliphatic carboxylic acids is 1. The summed E-state index contributed by atoms with van der Waals surface area (Å²) < 4.78 is 18.7. The van der Waals surface area contributed by atoms with Crippen molar-refractivity contribution in [3.8, 4) is 5.75 Å². The Bertz CT molecular complexity index is 580. The summed E-state index contributed by atoms with van der Waals surface area (Å²) in [7, 11) is 1.54. The lowest BCUT2D eigenvalue weighted by Crippen LogP contribution is -2.48. The molecule has 2 unspecified atom stereocenters. The largest absolute Gasteiger partial charge is 0.483 e. The number of nitrogens with zero attached hydrogens (tertiary/aromatic N) is 1. The highest BCUT2D eigenvalue weighted by molar-refractivity contribution is 5.79. The van der Waals surface area contributed by atoms with Crippen molar-refractivity contribution in [2.75, 3.05) is 7.05 Å². The van der Waals surface area contributed by atoms with Crippen molar-refractivity contribution in [1.29, 1.82) is 0 Å². The van der Waals surface area contributed by atoms with E-state index in [9.17, 15) is 24.4 Å². The maximum Gasteiger partial charge on any atom is 0.324 e. The number of rotatable bonds is 5. The third-order valence-electron chi connectivity index (χ3n) is 3.77. The Hall–Kier alpha value is -2.22. The third kappa shape index (κ3) is 2.94. The molecule has 0 heterocycles. The molecule has 1 aromatic rings. The molecule has 1 aliphatic rings. The van der Waals surface area contributed by atoms with Crippen LogP contribution in [-0.4, -0.2) is 34.7 Å². The van der Waals surface area contributed by atoms with Crippen LogP contribution in [0.1, 0.15) is 19.3 Å². The lowest BCUT2D eigenvalue weighted by Gasteiger charge is -2.23. The van der Waals surface area contributed by atoms with Crippen molar-refractivity contribution >= 4 is 11.7 Å². The average Bonchev–Trinajstić information content (AvgIpc) is 2.83. The summed E-state index contributed by atoms with van der Waals surface area (Å²) in [6.07, 6.45) is 0.397. The molecule has 21 heavy (non-hydrogen) atoms. The Morgan fingerprint density at radius 1 is 1.62 bits per heavy atom. The average molecular weight is 298 g/mol. The van der Waals surface area contributed by atoms with Crippen molar-refractivity contribution in [3.63, 3.8) is 0 Å². The van der Waals surface area contributed by atoms with Gasteiger partial charge >= 0.3 is 11.7 Å². The standard InChI is InChI=1S/C13H15FN2O5/c1-15-13(12(17)18)5-4-9(7-13)21-11-6-8(14)2-3-10(11)16(19)20/h2-3,6,9,15H,4-5,7H2,1H3,(H,17,18). The van der Waals surface area contributed by atoms with E-state index < -0.39 is 28.4 Å². The van der Waals surface area contributed by atoms with E-state index in [2.05, 4.69) is 5.32 Å². The normalized spacial score (nSPS) is 24.8. The zero-order chi connectivity index (χ0) is 15.6. The fourth-order valence-electron chi connectivity index (χ4n) is 2.54. The molecule has 1 aliphatic carbocycles. The van der Waals surface area contributed by atoms with Crippen molar-refractivity contribution < 1.29 is 24.0 Å². The summed E-state index contributed by atoms with van der Waals surface area (Å²) >= 11 is 0. The van der Waals surface area contributed by atoms with Crippen LogP contribution in [0.2, 0.25) is 0 Å². The van der Waals surface area contributed by atoms with E-state index in [1.54, 1.807) is 7.05 Å². The van der Waals surface area contributed by atoms with Crippen LogP contribution in [0.3, 0.4) is 0 Å². The number of ether oxygens (including phenoxy) is 1. The number of halogens is 1. The van der Waals surface area contributed by atoms with Gasteiger partial charge in [-0.2, -0.15) is 0 Å². The van der Waals surface area contributed by atoms with Crippen LogP contribution in [-0.2, 0) is 4.79 Å². The highest BCUT2D eigenvalue weighted by Crippen LogP contribution is 2.36. The van der Waals surface area contributed by atoms with Gasteiger partial charge in [0.2, 0.25) is 0 Å². The number of hydrogen-bond acceptors (Lipinski definition) is 5. The van der Waals surface area contributed by atoms with Crippen LogP contribution in [0.5, 0.6) is 5.75 Å². The number of carboxylic acids is 1. The summed E-state index contributed by atoms with van der Waals surface area (Å²) in [4.78, 5) is 21.5. The molecule has 2 atom stereocenters. The molecule has 1 fully saturated rings. The molecule has 114 valence electrons. The van der Waals surface area contributed by atoms with Crippen LogP contribution >= 0.6 is 0 Å². The van der Waals surface area contributed by atoms with E-state index >= 15 is 0 Å². The predicted octanol–water partition coefficient (Wildman–Crippen LogP) is 1.71. The number of nitro benzene ring substituents is 1. The van der Waals surface area contributed by atoms with Crippen molar-refractivity contribution in [2.24, 2.45) is 0 Å². The molecule has 1 aromatic carbocycles. The van der Waals surface area contributed by atoms with Gasteiger partial charge < -0.3 is 15.2 Å². The maximum atomic E-state index is 13.2. The zero-order valence-corrected chi connectivity index (χ0v) is 11.3. The quantitative estimate of drug-likeness (QED) is 0.634. The van der Waals surface area contributed by atoms with Crippen LogP contribution in [0.4, 0.5) is 10.1 Å². The first kappa shape index (κ1) is 15.2. The number of hydrogen-bond donors (Lipinski definition) is 2. The first-order valence-corrected chi connectivity index (χ1v) is 6.41. The smallest absolute Gasteiger partial charge is 0.324 e. The molecule has 0 radical (unpaired) electrons. The minimum atomic E-state index is -1.10. The Kier molecular flexibility index (Phi) is 4.08. The minimum Gasteiger partial charge on any atom is -0.483 e. The Balaban J connectivity index is 2.19. The van der Waals surface area contributed by atoms with Crippen molar-refractivity contribution in [1.82, 2.24) is 5.32 Å². The number of benzene rings is 1. The molecule has 2 rings (SSSR count). The van der Waals surface area contributed by atoms with Gasteiger partial charge in [0.1, 0.15) is 17.5 Å². The fourth-order valence-corrected chi connectivity index (χ4v) is 2.54. The van der Waals surface area contributed by atoms with Crippen LogP contribution < -0.4 is 10.1 Å². The van der Waals surface area contributed by atoms with E-state index in [4.69, 9.17) is 4.74 Å². The number of carbonyl (C=O) groups is 1. The van der Waals surface area contributed by atoms with Gasteiger partial charge in [0, 0.05) is 18.6 Å². The van der Waals surface area contributed by atoms with E-state index in [0.29, 0.717) is 12.8 Å². The monoisotopic (exact) mass is 298 g/mol. The van der Waals surface area contributed by atoms with Crippen molar-refractivity contribution in [2.45, 2.75) is 30.9 Å². The van der Waals surface area contributed by atoms with Gasteiger partial charge in [-0.15, -0.1) is 0 Å². The molecule has 0 aliphatic heterocycles. The van der Waals surface area contributed by atoms with Gasteiger partial charge in [0.15, 0.2) is 5.75 Å². The topological polar surface area (TPSA) is 102 Å². The summed E-state index contributed by atoms with van der Waals surface area (Å²) in [5, 5.41) is 22.9. The van der Waals surface area contributed by atoms with Gasteiger partial charge in [-0.1, -0.05) is 0 Å². The summed E-state index contributed by atoms with van der Waals surface area (Å²) in [6.45, 7) is 0. The van der Waals surface area contributed by atoms with Gasteiger partial charge in [-0.05, 0) is 26.0 Å². The maximum absolute atomic E-state index is 13.2. The van der Waals surface area contributed by atoms with Crippen molar-refractivity contribution in [3.05, 3.63) is 34.1 Å². The number of carboxylic acid groups (broad SMARTS) is 1. The number of nitro groups is 1. The predicted molar refractivity (Wildman–Crippen MR) is 70.7 cm³/mol. The lowest BCUT2D eigenvalue weighted by atomic mass is 9.98. The first-order valence-electron chi connectivity index (χ1n) is 6.41. The van der Waals surface area contributed by atoms with Gasteiger partial charge in [0.05, 0.1) is 4.92 Å². The third-order valence-corrected chi connectivity index (χ3v) is 3.77. The summed E-state index contributed by atoms with van der Waals surface area (Å²) in [5.41, 5.74) is -1.44. The van der Waals surface area contributed by atoms with Crippen LogP contribution in [0.15, 0.2) is 18.2 Å². The number of nitrogens with one attached hydrogen (secondary N) is 1. The van der Waals surface area contributed by atoms with E-state index in [-0.39, 0.29) is 17.9 Å². The second-order valence-electron chi connectivity index (χ2n) is 4.99. The zero-order valence-electron chi connectivity index (χ0n) is 11.3. The van der Waals surface area contributed by atoms with Gasteiger partial charge in [0.25, 0.3) is 0 Å². The van der Waals surface area contributed by atoms with Gasteiger partial charge in [-0.3, -0.25) is 14.9 Å². The molecule has 0 spiro atoms. The molecule has 0 amide bonds. The Labute approximate surface area is 119 Å². The Morgan fingerprint density at radius 3 is 2.86 bits per heavy atom. The molecule has 7 nitrogen and oxygen atoms in total. The molecular weight excluding hydrogens is 283 g/mol. The highest BCUT2D eigenvalue weighted by atomic mass is 19.1. The lowest BCUT2D eigenvalue weighted by molar-refractivity contribution is -0.386. The number of likely N-dealkylation sites (N-methyl/N-ethyl adjacent to an activating group) is 1. The summed E-state index contributed by atoms with van der Waals surface area (Å²) in [5.74, 6) is -1.82. The molecule has 0 saturated heterocycles. The van der Waals surface area contributed by atoms with Gasteiger partial charge in [-0.25, -0.2) is 4.39 Å². The van der Waals surface area contributed by atoms with Crippen LogP contribution in [0.25, 0.3) is 0 Å². The fraction of sp³-hybridized carbons (Fsp3) is 0.462.